The van der Waals surface area contributed by atoms with Crippen LogP contribution in [0.5, 0.6) is 11.5 Å². The summed E-state index contributed by atoms with van der Waals surface area (Å²) in [6.45, 7) is 2.07. The van der Waals surface area contributed by atoms with E-state index in [9.17, 15) is 9.59 Å². The number of carbonyl (C=O) groups excluding carboxylic acids is 2. The number of ether oxygens (including phenoxy) is 3. The third kappa shape index (κ3) is 2.80. The van der Waals surface area contributed by atoms with Crippen LogP contribution in [-0.4, -0.2) is 31.1 Å². The molecule has 1 aromatic carbocycles. The highest BCUT2D eigenvalue weighted by molar-refractivity contribution is 5.98. The summed E-state index contributed by atoms with van der Waals surface area (Å²) in [5.74, 6) is 0.261. The molecule has 0 aromatic heterocycles. The van der Waals surface area contributed by atoms with Gasteiger partial charge in [-0.15, -0.1) is 0 Å². The van der Waals surface area contributed by atoms with Crippen molar-refractivity contribution in [3.63, 3.8) is 0 Å². The summed E-state index contributed by atoms with van der Waals surface area (Å²) in [5.41, 5.74) is 0. The number of Topliss-reactive ketones (excluding diaryl/α,β-unsaturated/α-hetero) is 1. The van der Waals surface area contributed by atoms with Gasteiger partial charge in [-0.1, -0.05) is 12.1 Å². The highest BCUT2D eigenvalue weighted by Crippen LogP contribution is 2.31. The molecule has 0 aliphatic carbocycles. The molecular weight excluding hydrogens is 236 g/mol. The lowest BCUT2D eigenvalue weighted by Crippen LogP contribution is -2.37. The Balaban J connectivity index is 1.96. The largest absolute Gasteiger partial charge is 0.485 e. The number of esters is 1. The van der Waals surface area contributed by atoms with E-state index in [2.05, 4.69) is 0 Å². The molecule has 1 aliphatic heterocycles. The molecule has 5 nitrogen and oxygen atoms in total. The van der Waals surface area contributed by atoms with Gasteiger partial charge in [0.15, 0.2) is 23.4 Å². The number of hydrogen-bond acceptors (Lipinski definition) is 5. The Morgan fingerprint density at radius 3 is 2.78 bits per heavy atom. The molecular formula is C13H14O5. The molecule has 0 saturated carbocycles. The predicted molar refractivity (Wildman–Crippen MR) is 62.6 cm³/mol. The Hall–Kier alpha value is -2.04. The van der Waals surface area contributed by atoms with Crippen molar-refractivity contribution < 1.29 is 23.8 Å². The fourth-order valence-corrected chi connectivity index (χ4v) is 1.65. The molecule has 5 heteroatoms. The van der Waals surface area contributed by atoms with Crippen LogP contribution in [0.15, 0.2) is 24.3 Å². The Labute approximate surface area is 105 Å². The van der Waals surface area contributed by atoms with Gasteiger partial charge in [0.1, 0.15) is 13.0 Å². The first kappa shape index (κ1) is 12.4. The maximum atomic E-state index is 11.8. The fourth-order valence-electron chi connectivity index (χ4n) is 1.65. The first-order chi connectivity index (χ1) is 8.70. The minimum atomic E-state index is -0.746. The van der Waals surface area contributed by atoms with Crippen LogP contribution in [0.25, 0.3) is 0 Å². The van der Waals surface area contributed by atoms with Crippen LogP contribution >= 0.6 is 0 Å². The van der Waals surface area contributed by atoms with E-state index in [-0.39, 0.29) is 25.4 Å². The average molecular weight is 250 g/mol. The maximum Gasteiger partial charge on any atom is 0.313 e. The zero-order valence-electron chi connectivity index (χ0n) is 10.0. The number of hydrogen-bond donors (Lipinski definition) is 0. The quantitative estimate of drug-likeness (QED) is 0.596. The van der Waals surface area contributed by atoms with Crippen LogP contribution in [0, 0.1) is 0 Å². The number of para-hydroxylation sites is 2. The summed E-state index contributed by atoms with van der Waals surface area (Å²) in [6, 6.07) is 7.10. The molecule has 96 valence electrons. The lowest BCUT2D eigenvalue weighted by Gasteiger charge is -2.25. The lowest BCUT2D eigenvalue weighted by atomic mass is 10.1. The lowest BCUT2D eigenvalue weighted by molar-refractivity contribution is -0.147. The molecule has 0 N–H and O–H groups in total. The third-order valence-corrected chi connectivity index (χ3v) is 2.49. The number of fused-ring (bicyclic) bond motifs is 1. The fraction of sp³-hybridized carbons (Fsp3) is 0.385. The van der Waals surface area contributed by atoms with E-state index in [0.717, 1.165) is 0 Å². The minimum absolute atomic E-state index is 0.120. The summed E-state index contributed by atoms with van der Waals surface area (Å²) in [7, 11) is 0. The molecule has 0 amide bonds. The molecule has 0 bridgehead atoms. The Kier molecular flexibility index (Phi) is 3.82. The van der Waals surface area contributed by atoms with Gasteiger partial charge in [0.05, 0.1) is 6.61 Å². The third-order valence-electron chi connectivity index (χ3n) is 2.49. The summed E-state index contributed by atoms with van der Waals surface area (Å²) in [5, 5.41) is 0. The molecule has 0 spiro atoms. The van der Waals surface area contributed by atoms with E-state index in [1.54, 1.807) is 25.1 Å². The molecule has 0 unspecified atom stereocenters. The van der Waals surface area contributed by atoms with Gasteiger partial charge in [0, 0.05) is 0 Å². The molecule has 0 fully saturated rings. The minimum Gasteiger partial charge on any atom is -0.485 e. The number of ketones is 1. The van der Waals surface area contributed by atoms with Crippen molar-refractivity contribution in [1.82, 2.24) is 0 Å². The van der Waals surface area contributed by atoms with Crippen molar-refractivity contribution >= 4 is 11.8 Å². The van der Waals surface area contributed by atoms with Crippen molar-refractivity contribution in [1.29, 1.82) is 0 Å². The van der Waals surface area contributed by atoms with Crippen molar-refractivity contribution in [2.24, 2.45) is 0 Å². The smallest absolute Gasteiger partial charge is 0.313 e. The second kappa shape index (κ2) is 5.53. The summed E-state index contributed by atoms with van der Waals surface area (Å²) < 4.78 is 15.6. The van der Waals surface area contributed by atoms with Crippen LogP contribution in [0.1, 0.15) is 13.3 Å². The number of rotatable bonds is 4. The normalized spacial score (nSPS) is 17.1. The zero-order valence-corrected chi connectivity index (χ0v) is 10.0. The summed E-state index contributed by atoms with van der Waals surface area (Å²) in [6.07, 6.45) is -1.03. The monoisotopic (exact) mass is 250 g/mol. The highest BCUT2D eigenvalue weighted by atomic mass is 16.6. The first-order valence-electron chi connectivity index (χ1n) is 5.77. The Bertz CT molecular complexity index is 454. The molecule has 0 radical (unpaired) electrons. The van der Waals surface area contributed by atoms with Gasteiger partial charge in [-0.25, -0.2) is 0 Å². The first-order valence-corrected chi connectivity index (χ1v) is 5.77. The number of carbonyl (C=O) groups is 2. The molecule has 2 rings (SSSR count). The van der Waals surface area contributed by atoms with E-state index in [1.165, 1.54) is 0 Å². The van der Waals surface area contributed by atoms with Gasteiger partial charge < -0.3 is 14.2 Å². The second-order valence-corrected chi connectivity index (χ2v) is 3.81. The van der Waals surface area contributed by atoms with E-state index >= 15 is 0 Å². The van der Waals surface area contributed by atoms with Crippen LogP contribution in [0.3, 0.4) is 0 Å². The van der Waals surface area contributed by atoms with Crippen LogP contribution in [0.2, 0.25) is 0 Å². The highest BCUT2D eigenvalue weighted by Gasteiger charge is 2.28. The van der Waals surface area contributed by atoms with Crippen molar-refractivity contribution in [3.05, 3.63) is 24.3 Å². The maximum absolute atomic E-state index is 11.8. The standard InChI is InChI=1S/C13H14O5/c1-2-16-13(15)7-9(14)12-8-17-10-5-3-4-6-11(10)18-12/h3-6,12H,2,7-8H2,1H3/t12-/m1/s1. The molecule has 1 aliphatic rings. The second-order valence-electron chi connectivity index (χ2n) is 3.81. The number of benzene rings is 1. The van der Waals surface area contributed by atoms with Gasteiger partial charge >= 0.3 is 5.97 Å². The van der Waals surface area contributed by atoms with Gasteiger partial charge in [-0.05, 0) is 19.1 Å². The van der Waals surface area contributed by atoms with Gasteiger partial charge in [-0.3, -0.25) is 9.59 Å². The molecule has 1 aromatic rings. The van der Waals surface area contributed by atoms with E-state index < -0.39 is 12.1 Å². The predicted octanol–water partition coefficient (Wildman–Crippen LogP) is 1.35. The summed E-state index contributed by atoms with van der Waals surface area (Å²) >= 11 is 0. The van der Waals surface area contributed by atoms with Crippen molar-refractivity contribution in [2.45, 2.75) is 19.4 Å². The SMILES string of the molecule is CCOC(=O)CC(=O)[C@H]1COc2ccccc2O1. The van der Waals surface area contributed by atoms with Gasteiger partial charge in [-0.2, -0.15) is 0 Å². The Morgan fingerprint density at radius 2 is 2.06 bits per heavy atom. The van der Waals surface area contributed by atoms with Crippen LogP contribution in [-0.2, 0) is 14.3 Å². The van der Waals surface area contributed by atoms with E-state index in [1.807, 2.05) is 6.07 Å². The topological polar surface area (TPSA) is 61.8 Å². The molecule has 18 heavy (non-hydrogen) atoms. The summed E-state index contributed by atoms with van der Waals surface area (Å²) in [4.78, 5) is 23.0. The van der Waals surface area contributed by atoms with Gasteiger partial charge in [0.2, 0.25) is 0 Å². The van der Waals surface area contributed by atoms with Crippen LogP contribution < -0.4 is 9.47 Å². The van der Waals surface area contributed by atoms with Crippen molar-refractivity contribution in [3.8, 4) is 11.5 Å². The molecule has 1 atom stereocenters. The van der Waals surface area contributed by atoms with E-state index in [0.29, 0.717) is 11.5 Å². The average Bonchev–Trinajstić information content (AvgIpc) is 2.38. The van der Waals surface area contributed by atoms with Crippen LogP contribution in [0.4, 0.5) is 0 Å². The van der Waals surface area contributed by atoms with Crippen molar-refractivity contribution in [2.75, 3.05) is 13.2 Å². The molecule has 1 heterocycles. The Morgan fingerprint density at radius 1 is 1.33 bits per heavy atom. The van der Waals surface area contributed by atoms with Gasteiger partial charge in [0.25, 0.3) is 0 Å². The molecule has 0 saturated heterocycles. The zero-order chi connectivity index (χ0) is 13.0. The van der Waals surface area contributed by atoms with E-state index in [4.69, 9.17) is 14.2 Å².